The van der Waals surface area contributed by atoms with E-state index in [0.717, 1.165) is 36.0 Å². The van der Waals surface area contributed by atoms with Crippen molar-refractivity contribution in [3.8, 4) is 0 Å². The Morgan fingerprint density at radius 2 is 2.24 bits per heavy atom. The molecule has 5 nitrogen and oxygen atoms in total. The highest BCUT2D eigenvalue weighted by atomic mass is 16.5. The summed E-state index contributed by atoms with van der Waals surface area (Å²) in [5.41, 5.74) is 7.20. The Morgan fingerprint density at radius 1 is 1.43 bits per heavy atom. The molecular formula is C16H21N3O2. The van der Waals surface area contributed by atoms with Crippen LogP contribution in [0.5, 0.6) is 0 Å². The van der Waals surface area contributed by atoms with Gasteiger partial charge in [-0.25, -0.2) is 0 Å². The first kappa shape index (κ1) is 14.1. The lowest BCUT2D eigenvalue weighted by molar-refractivity contribution is -0.134. The minimum atomic E-state index is 0.111. The Hall–Kier alpha value is -1.88. The van der Waals surface area contributed by atoms with E-state index in [2.05, 4.69) is 12.1 Å². The van der Waals surface area contributed by atoms with Crippen molar-refractivity contribution >= 4 is 16.9 Å². The van der Waals surface area contributed by atoms with Crippen molar-refractivity contribution in [1.29, 1.82) is 0 Å². The second-order valence-electron chi connectivity index (χ2n) is 5.88. The van der Waals surface area contributed by atoms with Gasteiger partial charge >= 0.3 is 0 Å². The first-order valence-corrected chi connectivity index (χ1v) is 7.52. The lowest BCUT2D eigenvalue weighted by atomic mass is 9.93. The van der Waals surface area contributed by atoms with Gasteiger partial charge < -0.3 is 15.2 Å². The van der Waals surface area contributed by atoms with Gasteiger partial charge in [-0.15, -0.1) is 0 Å². The minimum Gasteiger partial charge on any atom is -0.356 e. The van der Waals surface area contributed by atoms with Crippen LogP contribution in [-0.2, 0) is 11.2 Å². The monoisotopic (exact) mass is 287 g/mol. The molecule has 2 unspecified atom stereocenters. The van der Waals surface area contributed by atoms with E-state index >= 15 is 0 Å². The lowest BCUT2D eigenvalue weighted by Gasteiger charge is -2.37. The zero-order valence-electron chi connectivity index (χ0n) is 12.3. The van der Waals surface area contributed by atoms with Gasteiger partial charge in [0, 0.05) is 18.0 Å². The molecule has 2 aromatic rings. The molecule has 0 saturated carbocycles. The zero-order chi connectivity index (χ0) is 14.8. The molecule has 1 aromatic heterocycles. The average molecular weight is 287 g/mol. The van der Waals surface area contributed by atoms with E-state index in [1.54, 1.807) is 0 Å². The van der Waals surface area contributed by atoms with Crippen LogP contribution in [0.25, 0.3) is 11.0 Å². The third kappa shape index (κ3) is 2.78. The van der Waals surface area contributed by atoms with Crippen LogP contribution in [0.15, 0.2) is 28.8 Å². The number of likely N-dealkylation sites (tertiary alicyclic amines) is 1. The summed E-state index contributed by atoms with van der Waals surface area (Å²) in [4.78, 5) is 14.5. The molecule has 1 saturated heterocycles. The largest absolute Gasteiger partial charge is 0.356 e. The van der Waals surface area contributed by atoms with E-state index in [1.165, 1.54) is 0 Å². The number of benzene rings is 1. The minimum absolute atomic E-state index is 0.111. The number of amides is 1. The van der Waals surface area contributed by atoms with Gasteiger partial charge in [0.05, 0.1) is 6.42 Å². The Kier molecular flexibility index (Phi) is 3.92. The van der Waals surface area contributed by atoms with Crippen LogP contribution in [0.2, 0.25) is 0 Å². The maximum absolute atomic E-state index is 12.6. The Labute approximate surface area is 124 Å². The van der Waals surface area contributed by atoms with Gasteiger partial charge in [0.2, 0.25) is 5.91 Å². The zero-order valence-corrected chi connectivity index (χ0v) is 12.3. The molecule has 0 aliphatic carbocycles. The fourth-order valence-corrected chi connectivity index (χ4v) is 3.03. The maximum Gasteiger partial charge on any atom is 0.228 e. The second-order valence-corrected chi connectivity index (χ2v) is 5.88. The fourth-order valence-electron chi connectivity index (χ4n) is 3.03. The van der Waals surface area contributed by atoms with Crippen LogP contribution in [0, 0.1) is 5.92 Å². The van der Waals surface area contributed by atoms with E-state index < -0.39 is 0 Å². The second kappa shape index (κ2) is 5.85. The summed E-state index contributed by atoms with van der Waals surface area (Å²) in [7, 11) is 0. The smallest absolute Gasteiger partial charge is 0.228 e. The first-order chi connectivity index (χ1) is 10.2. The topological polar surface area (TPSA) is 72.4 Å². The summed E-state index contributed by atoms with van der Waals surface area (Å²) in [6, 6.07) is 7.92. The van der Waals surface area contributed by atoms with Crippen LogP contribution in [0.4, 0.5) is 0 Å². The van der Waals surface area contributed by atoms with E-state index in [1.807, 2.05) is 29.2 Å². The molecule has 112 valence electrons. The van der Waals surface area contributed by atoms with Gasteiger partial charge in [0.15, 0.2) is 5.58 Å². The number of aromatic nitrogens is 1. The van der Waals surface area contributed by atoms with E-state index in [4.69, 9.17) is 10.3 Å². The molecule has 1 aliphatic rings. The standard InChI is InChI=1S/C16H21N3O2/c1-11-6-7-12(9-17)10-19(11)16(20)8-14-13-4-2-3-5-15(13)21-18-14/h2-5,11-12H,6-10,17H2,1H3. The Morgan fingerprint density at radius 3 is 3.05 bits per heavy atom. The number of nitrogens with two attached hydrogens (primary N) is 1. The van der Waals surface area contributed by atoms with Crippen LogP contribution >= 0.6 is 0 Å². The number of rotatable bonds is 3. The van der Waals surface area contributed by atoms with Crippen molar-refractivity contribution in [2.24, 2.45) is 11.7 Å². The van der Waals surface area contributed by atoms with E-state index in [9.17, 15) is 4.79 Å². The molecule has 1 amide bonds. The van der Waals surface area contributed by atoms with Crippen molar-refractivity contribution in [3.05, 3.63) is 30.0 Å². The lowest BCUT2D eigenvalue weighted by Crippen LogP contribution is -2.47. The highest BCUT2D eigenvalue weighted by Crippen LogP contribution is 2.23. The summed E-state index contributed by atoms with van der Waals surface area (Å²) in [5.74, 6) is 0.527. The molecule has 2 N–H and O–H groups in total. The highest BCUT2D eigenvalue weighted by molar-refractivity contribution is 5.86. The van der Waals surface area contributed by atoms with Gasteiger partial charge in [-0.05, 0) is 44.4 Å². The Balaban J connectivity index is 1.76. The van der Waals surface area contributed by atoms with Gasteiger partial charge in [0.25, 0.3) is 0 Å². The van der Waals surface area contributed by atoms with Crippen molar-refractivity contribution in [2.75, 3.05) is 13.1 Å². The summed E-state index contributed by atoms with van der Waals surface area (Å²) >= 11 is 0. The molecule has 21 heavy (non-hydrogen) atoms. The van der Waals surface area contributed by atoms with Crippen LogP contribution in [0.1, 0.15) is 25.5 Å². The molecule has 1 aromatic carbocycles. The summed E-state index contributed by atoms with van der Waals surface area (Å²) in [6.45, 7) is 3.50. The summed E-state index contributed by atoms with van der Waals surface area (Å²) in [5, 5.41) is 4.97. The quantitative estimate of drug-likeness (QED) is 0.936. The third-order valence-corrected chi connectivity index (χ3v) is 4.40. The highest BCUT2D eigenvalue weighted by Gasteiger charge is 2.29. The normalized spacial score (nSPS) is 22.7. The predicted octanol–water partition coefficient (Wildman–Crippen LogP) is 1.96. The molecule has 1 fully saturated rings. The number of piperidine rings is 1. The fraction of sp³-hybridized carbons (Fsp3) is 0.500. The molecule has 2 atom stereocenters. The predicted molar refractivity (Wildman–Crippen MR) is 80.7 cm³/mol. The van der Waals surface area contributed by atoms with Crippen molar-refractivity contribution < 1.29 is 9.32 Å². The van der Waals surface area contributed by atoms with E-state index in [0.29, 0.717) is 18.9 Å². The number of carbonyl (C=O) groups is 1. The third-order valence-electron chi connectivity index (χ3n) is 4.40. The number of para-hydroxylation sites is 1. The molecule has 0 bridgehead atoms. The van der Waals surface area contributed by atoms with Crippen molar-refractivity contribution in [2.45, 2.75) is 32.2 Å². The SMILES string of the molecule is CC1CCC(CN)CN1C(=O)Cc1noc2ccccc12. The molecule has 1 aliphatic heterocycles. The van der Waals surface area contributed by atoms with Gasteiger partial charge in [-0.2, -0.15) is 0 Å². The summed E-state index contributed by atoms with van der Waals surface area (Å²) < 4.78 is 5.27. The van der Waals surface area contributed by atoms with Crippen LogP contribution < -0.4 is 5.73 Å². The molecule has 0 radical (unpaired) electrons. The molecule has 5 heteroatoms. The van der Waals surface area contributed by atoms with E-state index in [-0.39, 0.29) is 11.9 Å². The number of fused-ring (bicyclic) bond motifs is 1. The summed E-state index contributed by atoms with van der Waals surface area (Å²) in [6.07, 6.45) is 2.42. The Bertz CT molecular complexity index is 637. The number of hydrogen-bond acceptors (Lipinski definition) is 4. The van der Waals surface area contributed by atoms with Gasteiger partial charge in [-0.3, -0.25) is 4.79 Å². The molecule has 0 spiro atoms. The van der Waals surface area contributed by atoms with Crippen LogP contribution in [-0.4, -0.2) is 35.1 Å². The van der Waals surface area contributed by atoms with Gasteiger partial charge in [-0.1, -0.05) is 17.3 Å². The average Bonchev–Trinajstić information content (AvgIpc) is 2.91. The number of nitrogens with zero attached hydrogens (tertiary/aromatic N) is 2. The van der Waals surface area contributed by atoms with Crippen molar-refractivity contribution in [1.82, 2.24) is 10.1 Å². The molecule has 2 heterocycles. The first-order valence-electron chi connectivity index (χ1n) is 7.52. The maximum atomic E-state index is 12.6. The van der Waals surface area contributed by atoms with Crippen molar-refractivity contribution in [3.63, 3.8) is 0 Å². The molecule has 3 rings (SSSR count). The number of carbonyl (C=O) groups excluding carboxylic acids is 1. The molecular weight excluding hydrogens is 266 g/mol. The van der Waals surface area contributed by atoms with Gasteiger partial charge in [0.1, 0.15) is 5.69 Å². The van der Waals surface area contributed by atoms with Crippen LogP contribution in [0.3, 0.4) is 0 Å². The number of hydrogen-bond donors (Lipinski definition) is 1.